The number of hydrogen-bond donors (Lipinski definition) is 2. The van der Waals surface area contributed by atoms with Crippen LogP contribution in [-0.2, 0) is 9.53 Å². The Kier molecular flexibility index (Phi) is 5.58. The lowest BCUT2D eigenvalue weighted by Crippen LogP contribution is -2.14. The number of carbonyl (C=O) groups is 1. The number of nitrogens with zero attached hydrogens (tertiary/aromatic N) is 1. The van der Waals surface area contributed by atoms with E-state index in [1.165, 1.54) is 24.3 Å². The largest absolute Gasteiger partial charge is 0.460 e. The van der Waals surface area contributed by atoms with E-state index >= 15 is 0 Å². The highest BCUT2D eigenvalue weighted by atomic mass is 19.1. The Hall–Kier alpha value is -2.50. The number of amidine groups is 2. The number of nitrogens with one attached hydrogen (secondary N) is 1. The third-order valence-corrected chi connectivity index (χ3v) is 2.08. The highest BCUT2D eigenvalue weighted by Crippen LogP contribution is 2.05. The lowest BCUT2D eigenvalue weighted by Gasteiger charge is -2.03. The zero-order chi connectivity index (χ0) is 15.1. The SMILES string of the molecule is CC(C)OC(=O)/C=C\C(N)=NC(=N)c1cccc(F)c1. The molecule has 0 aliphatic carbocycles. The fourth-order valence-electron chi connectivity index (χ4n) is 1.29. The van der Waals surface area contributed by atoms with E-state index < -0.39 is 11.8 Å². The number of benzene rings is 1. The van der Waals surface area contributed by atoms with Crippen molar-refractivity contribution in [2.75, 3.05) is 0 Å². The predicted octanol–water partition coefficient (Wildman–Crippen LogP) is 2.02. The molecule has 0 saturated heterocycles. The van der Waals surface area contributed by atoms with Crippen molar-refractivity contribution >= 4 is 17.6 Å². The molecule has 1 rings (SSSR count). The first-order valence-electron chi connectivity index (χ1n) is 5.96. The fraction of sp³-hybridized carbons (Fsp3) is 0.214. The van der Waals surface area contributed by atoms with E-state index in [-0.39, 0.29) is 17.8 Å². The van der Waals surface area contributed by atoms with Crippen molar-refractivity contribution in [1.29, 1.82) is 5.41 Å². The maximum atomic E-state index is 13.0. The highest BCUT2D eigenvalue weighted by molar-refractivity contribution is 6.08. The molecule has 20 heavy (non-hydrogen) atoms. The van der Waals surface area contributed by atoms with Gasteiger partial charge >= 0.3 is 5.97 Å². The second-order valence-corrected chi connectivity index (χ2v) is 4.21. The van der Waals surface area contributed by atoms with Crippen LogP contribution in [0, 0.1) is 11.2 Å². The number of hydrogen-bond acceptors (Lipinski definition) is 3. The van der Waals surface area contributed by atoms with Crippen molar-refractivity contribution in [3.05, 3.63) is 47.8 Å². The van der Waals surface area contributed by atoms with Gasteiger partial charge in [0, 0.05) is 11.6 Å². The second kappa shape index (κ2) is 7.18. The summed E-state index contributed by atoms with van der Waals surface area (Å²) in [6.45, 7) is 3.45. The van der Waals surface area contributed by atoms with Gasteiger partial charge in [-0.2, -0.15) is 0 Å². The van der Waals surface area contributed by atoms with Crippen LogP contribution in [0.4, 0.5) is 4.39 Å². The van der Waals surface area contributed by atoms with E-state index in [0.717, 1.165) is 6.08 Å². The Labute approximate surface area is 116 Å². The zero-order valence-corrected chi connectivity index (χ0v) is 11.3. The van der Waals surface area contributed by atoms with Gasteiger partial charge in [-0.25, -0.2) is 14.2 Å². The van der Waals surface area contributed by atoms with E-state index in [2.05, 4.69) is 4.99 Å². The molecule has 1 aromatic rings. The smallest absolute Gasteiger partial charge is 0.331 e. The molecule has 0 aliphatic rings. The van der Waals surface area contributed by atoms with Gasteiger partial charge in [-0.3, -0.25) is 5.41 Å². The van der Waals surface area contributed by atoms with E-state index in [0.29, 0.717) is 5.56 Å². The Bertz CT molecular complexity index is 565. The molecule has 0 spiro atoms. The second-order valence-electron chi connectivity index (χ2n) is 4.21. The molecule has 0 amide bonds. The Balaban J connectivity index is 2.71. The lowest BCUT2D eigenvalue weighted by atomic mass is 10.2. The molecule has 0 bridgehead atoms. The first kappa shape index (κ1) is 15.6. The van der Waals surface area contributed by atoms with E-state index in [4.69, 9.17) is 15.9 Å². The molecule has 0 fully saturated rings. The van der Waals surface area contributed by atoms with Crippen molar-refractivity contribution in [2.24, 2.45) is 10.7 Å². The van der Waals surface area contributed by atoms with E-state index in [1.807, 2.05) is 0 Å². The molecule has 106 valence electrons. The first-order chi connectivity index (χ1) is 9.38. The van der Waals surface area contributed by atoms with Gasteiger partial charge < -0.3 is 10.5 Å². The van der Waals surface area contributed by atoms with Crippen molar-refractivity contribution in [2.45, 2.75) is 20.0 Å². The predicted molar refractivity (Wildman–Crippen MR) is 75.2 cm³/mol. The van der Waals surface area contributed by atoms with Crippen LogP contribution in [0.1, 0.15) is 19.4 Å². The number of esters is 1. The van der Waals surface area contributed by atoms with E-state index in [9.17, 15) is 9.18 Å². The number of aliphatic imine (C=N–C) groups is 1. The summed E-state index contributed by atoms with van der Waals surface area (Å²) in [4.78, 5) is 15.0. The van der Waals surface area contributed by atoms with Gasteiger partial charge in [0.15, 0.2) is 5.84 Å². The molecule has 3 N–H and O–H groups in total. The van der Waals surface area contributed by atoms with Crippen LogP contribution in [0.5, 0.6) is 0 Å². The standard InChI is InChI=1S/C14H16FN3O2/c1-9(2)20-13(19)7-6-12(16)18-14(17)10-4-3-5-11(15)8-10/h3-9H,1-2H3,(H3,16,17,18)/b7-6-. The number of nitrogens with two attached hydrogens (primary N) is 1. The van der Waals surface area contributed by atoms with Crippen LogP contribution in [0.25, 0.3) is 0 Å². The molecule has 0 radical (unpaired) electrons. The molecule has 0 heterocycles. The minimum absolute atomic E-state index is 0.0417. The molecule has 0 atom stereocenters. The quantitative estimate of drug-likeness (QED) is 0.382. The summed E-state index contributed by atoms with van der Waals surface area (Å²) >= 11 is 0. The highest BCUT2D eigenvalue weighted by Gasteiger charge is 2.03. The summed E-state index contributed by atoms with van der Waals surface area (Å²) in [5.74, 6) is -1.24. The van der Waals surface area contributed by atoms with Gasteiger partial charge in [0.2, 0.25) is 0 Å². The topological polar surface area (TPSA) is 88.5 Å². The molecule has 6 heteroatoms. The Morgan fingerprint density at radius 3 is 2.75 bits per heavy atom. The maximum Gasteiger partial charge on any atom is 0.331 e. The van der Waals surface area contributed by atoms with Crippen molar-refractivity contribution in [3.63, 3.8) is 0 Å². The molecule has 0 aliphatic heterocycles. The minimum atomic E-state index is -0.546. The molecule has 0 saturated carbocycles. The summed E-state index contributed by atoms with van der Waals surface area (Å²) in [6, 6.07) is 5.46. The van der Waals surface area contributed by atoms with Gasteiger partial charge in [0.25, 0.3) is 0 Å². The summed E-state index contributed by atoms with van der Waals surface area (Å²) in [6.07, 6.45) is 2.13. The molecule has 1 aromatic carbocycles. The third-order valence-electron chi connectivity index (χ3n) is 2.08. The van der Waals surface area contributed by atoms with E-state index in [1.54, 1.807) is 19.9 Å². The molecular formula is C14H16FN3O2. The average molecular weight is 277 g/mol. The number of carbonyl (C=O) groups excluding carboxylic acids is 1. The maximum absolute atomic E-state index is 13.0. The van der Waals surface area contributed by atoms with Crippen LogP contribution < -0.4 is 5.73 Å². The first-order valence-corrected chi connectivity index (χ1v) is 5.96. The van der Waals surface area contributed by atoms with Crippen molar-refractivity contribution in [1.82, 2.24) is 0 Å². The molecule has 0 aromatic heterocycles. The third kappa shape index (κ3) is 5.43. The normalized spacial score (nSPS) is 11.9. The van der Waals surface area contributed by atoms with Gasteiger partial charge in [0.05, 0.1) is 6.10 Å². The summed E-state index contributed by atoms with van der Waals surface area (Å²) in [5, 5.41) is 7.67. The summed E-state index contributed by atoms with van der Waals surface area (Å²) in [7, 11) is 0. The minimum Gasteiger partial charge on any atom is -0.460 e. The lowest BCUT2D eigenvalue weighted by molar-refractivity contribution is -0.141. The van der Waals surface area contributed by atoms with Crippen LogP contribution in [-0.4, -0.2) is 23.7 Å². The zero-order valence-electron chi connectivity index (χ0n) is 11.3. The van der Waals surface area contributed by atoms with Crippen LogP contribution in [0.15, 0.2) is 41.4 Å². The monoisotopic (exact) mass is 277 g/mol. The van der Waals surface area contributed by atoms with Crippen molar-refractivity contribution < 1.29 is 13.9 Å². The average Bonchev–Trinajstić information content (AvgIpc) is 2.35. The Morgan fingerprint density at radius 2 is 2.15 bits per heavy atom. The molecule has 0 unspecified atom stereocenters. The summed E-state index contributed by atoms with van der Waals surface area (Å²) in [5.41, 5.74) is 5.85. The Morgan fingerprint density at radius 1 is 1.45 bits per heavy atom. The van der Waals surface area contributed by atoms with Crippen LogP contribution in [0.2, 0.25) is 0 Å². The summed E-state index contributed by atoms with van der Waals surface area (Å²) < 4.78 is 17.9. The van der Waals surface area contributed by atoms with Gasteiger partial charge in [-0.05, 0) is 32.1 Å². The number of halogens is 1. The van der Waals surface area contributed by atoms with Crippen LogP contribution in [0.3, 0.4) is 0 Å². The molecular weight excluding hydrogens is 261 g/mol. The number of rotatable bonds is 4. The van der Waals surface area contributed by atoms with Crippen molar-refractivity contribution in [3.8, 4) is 0 Å². The van der Waals surface area contributed by atoms with Gasteiger partial charge in [-0.1, -0.05) is 12.1 Å². The molecule has 5 nitrogen and oxygen atoms in total. The van der Waals surface area contributed by atoms with Gasteiger partial charge in [-0.15, -0.1) is 0 Å². The van der Waals surface area contributed by atoms with Crippen LogP contribution >= 0.6 is 0 Å². The fourth-order valence-corrected chi connectivity index (χ4v) is 1.29. The van der Waals surface area contributed by atoms with Gasteiger partial charge in [0.1, 0.15) is 11.7 Å². The number of ether oxygens (including phenoxy) is 1.